The van der Waals surface area contributed by atoms with Crippen molar-refractivity contribution in [2.75, 3.05) is 0 Å². The number of thiol groups is 1. The number of benzene rings is 1. The lowest BCUT2D eigenvalue weighted by Crippen LogP contribution is -2.31. The molecule has 0 radical (unpaired) electrons. The summed E-state index contributed by atoms with van der Waals surface area (Å²) < 4.78 is 1.78. The third kappa shape index (κ3) is 1.61. The highest BCUT2D eigenvalue weighted by Gasteiger charge is 2.20. The number of hydrogen-bond donors (Lipinski definition) is 3. The summed E-state index contributed by atoms with van der Waals surface area (Å²) in [6.07, 6.45) is 0. The normalized spacial score (nSPS) is 10.9. The van der Waals surface area contributed by atoms with Gasteiger partial charge in [-0.25, -0.2) is 0 Å². The molecule has 0 saturated heterocycles. The van der Waals surface area contributed by atoms with E-state index in [2.05, 4.69) is 28.6 Å². The lowest BCUT2D eigenvalue weighted by molar-refractivity contribution is 0.425. The molecule has 0 atom stereocenters. The molecule has 2 N–H and O–H groups in total. The molecule has 0 amide bonds. The van der Waals surface area contributed by atoms with Gasteiger partial charge in [-0.1, -0.05) is 15.9 Å². The van der Waals surface area contributed by atoms with E-state index in [1.54, 1.807) is 6.07 Å². The van der Waals surface area contributed by atoms with Crippen molar-refractivity contribution in [3.05, 3.63) is 22.0 Å². The Balaban J connectivity index is 2.86. The first-order valence-electron chi connectivity index (χ1n) is 3.86. The predicted molar refractivity (Wildman–Crippen MR) is 66.6 cm³/mol. The Morgan fingerprint density at radius 2 is 2.14 bits per heavy atom. The van der Waals surface area contributed by atoms with E-state index in [4.69, 9.17) is 0 Å². The van der Waals surface area contributed by atoms with Crippen molar-refractivity contribution in [1.82, 2.24) is 0 Å². The molecule has 0 aliphatic carbocycles. The summed E-state index contributed by atoms with van der Waals surface area (Å²) in [5.74, 6) is 0. The summed E-state index contributed by atoms with van der Waals surface area (Å²) in [5, 5.41) is 21.3. The quantitative estimate of drug-likeness (QED) is 0.551. The minimum atomic E-state index is -1.48. The predicted octanol–water partition coefficient (Wildman–Crippen LogP) is 1.63. The molecule has 0 spiro atoms. The summed E-state index contributed by atoms with van der Waals surface area (Å²) in [7, 11) is -1.48. The van der Waals surface area contributed by atoms with Crippen LogP contribution in [-0.4, -0.2) is 17.2 Å². The number of hydrogen-bond acceptors (Lipinski definition) is 4. The van der Waals surface area contributed by atoms with Gasteiger partial charge in [0, 0.05) is 24.9 Å². The van der Waals surface area contributed by atoms with Crippen LogP contribution in [0.3, 0.4) is 0 Å². The van der Waals surface area contributed by atoms with Crippen molar-refractivity contribution in [1.29, 1.82) is 0 Å². The maximum Gasteiger partial charge on any atom is 0.491 e. The van der Waals surface area contributed by atoms with Gasteiger partial charge in [0.1, 0.15) is 0 Å². The van der Waals surface area contributed by atoms with Gasteiger partial charge in [-0.15, -0.1) is 24.0 Å². The minimum Gasteiger partial charge on any atom is -0.423 e. The first-order chi connectivity index (χ1) is 6.61. The number of halogens is 1. The molecule has 0 aliphatic heterocycles. The molecule has 1 aromatic carbocycles. The van der Waals surface area contributed by atoms with Gasteiger partial charge in [-0.2, -0.15) is 0 Å². The van der Waals surface area contributed by atoms with Crippen LogP contribution >= 0.6 is 39.9 Å². The van der Waals surface area contributed by atoms with E-state index in [0.717, 1.165) is 14.6 Å². The first kappa shape index (κ1) is 10.5. The van der Waals surface area contributed by atoms with Gasteiger partial charge in [-0.3, -0.25) is 0 Å². The molecule has 1 aromatic heterocycles. The van der Waals surface area contributed by atoms with Crippen molar-refractivity contribution < 1.29 is 10.0 Å². The lowest BCUT2D eigenvalue weighted by atomic mass is 9.80. The maximum absolute atomic E-state index is 9.21. The Morgan fingerprint density at radius 3 is 2.79 bits per heavy atom. The molecule has 1 heterocycles. The molecule has 6 heteroatoms. The van der Waals surface area contributed by atoms with Gasteiger partial charge in [0.2, 0.25) is 0 Å². The summed E-state index contributed by atoms with van der Waals surface area (Å²) >= 11 is 9.09. The Morgan fingerprint density at radius 1 is 1.43 bits per heavy atom. The van der Waals surface area contributed by atoms with Crippen LogP contribution in [0.5, 0.6) is 0 Å². The van der Waals surface area contributed by atoms with Crippen LogP contribution in [-0.2, 0) is 0 Å². The number of rotatable bonds is 1. The van der Waals surface area contributed by atoms with Crippen LogP contribution in [0.25, 0.3) is 10.1 Å². The highest BCUT2D eigenvalue weighted by Crippen LogP contribution is 2.29. The smallest absolute Gasteiger partial charge is 0.423 e. The zero-order valence-corrected chi connectivity index (χ0v) is 10.2. The fourth-order valence-electron chi connectivity index (χ4n) is 1.35. The van der Waals surface area contributed by atoms with Crippen molar-refractivity contribution in [3.8, 4) is 0 Å². The van der Waals surface area contributed by atoms with E-state index in [1.807, 2.05) is 11.4 Å². The molecule has 2 aromatic rings. The molecule has 0 aliphatic rings. The second-order valence-electron chi connectivity index (χ2n) is 2.83. The van der Waals surface area contributed by atoms with E-state index in [9.17, 15) is 10.0 Å². The van der Waals surface area contributed by atoms with Crippen molar-refractivity contribution in [3.63, 3.8) is 0 Å². The van der Waals surface area contributed by atoms with Crippen LogP contribution in [0, 0.1) is 0 Å². The zero-order valence-electron chi connectivity index (χ0n) is 6.94. The van der Waals surface area contributed by atoms with Crippen molar-refractivity contribution in [2.24, 2.45) is 0 Å². The Hall–Kier alpha value is -0.00506. The molecule has 0 unspecified atom stereocenters. The number of thiophene rings is 1. The highest BCUT2D eigenvalue weighted by atomic mass is 79.9. The monoisotopic (exact) mass is 288 g/mol. The van der Waals surface area contributed by atoms with Gasteiger partial charge in [0.15, 0.2) is 0 Å². The van der Waals surface area contributed by atoms with Crippen LogP contribution in [0.1, 0.15) is 0 Å². The Labute approximate surface area is 99.3 Å². The lowest BCUT2D eigenvalue weighted by Gasteiger charge is -2.06. The molecular formula is C8H6BBrO2S2. The molecule has 0 saturated carbocycles. The van der Waals surface area contributed by atoms with E-state index in [1.165, 1.54) is 11.3 Å². The molecule has 14 heavy (non-hydrogen) atoms. The largest absolute Gasteiger partial charge is 0.491 e. The molecule has 0 bridgehead atoms. The average molecular weight is 289 g/mol. The maximum atomic E-state index is 9.21. The zero-order chi connectivity index (χ0) is 10.3. The fraction of sp³-hybridized carbons (Fsp3) is 0. The van der Waals surface area contributed by atoms with E-state index in [-0.39, 0.29) is 0 Å². The Kier molecular flexibility index (Phi) is 2.90. The second kappa shape index (κ2) is 3.86. The molecular weight excluding hydrogens is 283 g/mol. The van der Waals surface area contributed by atoms with E-state index in [0.29, 0.717) is 10.4 Å². The summed E-state index contributed by atoms with van der Waals surface area (Å²) in [4.78, 5) is 0.585. The van der Waals surface area contributed by atoms with Crippen LogP contribution in [0.2, 0.25) is 0 Å². The summed E-state index contributed by atoms with van der Waals surface area (Å²) in [6.45, 7) is 0. The minimum absolute atomic E-state index is 0.474. The molecule has 72 valence electrons. The van der Waals surface area contributed by atoms with E-state index < -0.39 is 7.12 Å². The fourth-order valence-corrected chi connectivity index (χ4v) is 3.63. The average Bonchev–Trinajstić information content (AvgIpc) is 2.51. The molecule has 0 fully saturated rings. The van der Waals surface area contributed by atoms with Crippen LogP contribution in [0.15, 0.2) is 26.9 Å². The molecule has 2 rings (SSSR count). The third-order valence-corrected chi connectivity index (χ3v) is 3.94. The highest BCUT2D eigenvalue weighted by molar-refractivity contribution is 9.10. The topological polar surface area (TPSA) is 40.5 Å². The third-order valence-electron chi connectivity index (χ3n) is 1.96. The molecule has 2 nitrogen and oxygen atoms in total. The summed E-state index contributed by atoms with van der Waals surface area (Å²) in [6, 6.07) is 3.70. The second-order valence-corrected chi connectivity index (χ2v) is 5.08. The SMILES string of the molecule is OB(O)c1c(S)cc(Br)c2ccsc12. The summed E-state index contributed by atoms with van der Waals surface area (Å²) in [5.41, 5.74) is 0.474. The van der Waals surface area contributed by atoms with Gasteiger partial charge in [0.05, 0.1) is 0 Å². The standard InChI is InChI=1S/C8H6BBrO2S2/c10-5-3-6(13)7(9(11)12)8-4(5)1-2-14-8/h1-3,11-13H. The van der Waals surface area contributed by atoms with E-state index >= 15 is 0 Å². The van der Waals surface area contributed by atoms with Crippen LogP contribution < -0.4 is 5.46 Å². The van der Waals surface area contributed by atoms with Crippen molar-refractivity contribution in [2.45, 2.75) is 4.90 Å². The van der Waals surface area contributed by atoms with Crippen molar-refractivity contribution >= 4 is 62.6 Å². The van der Waals surface area contributed by atoms with Gasteiger partial charge < -0.3 is 10.0 Å². The van der Waals surface area contributed by atoms with Gasteiger partial charge >= 0.3 is 7.12 Å². The first-order valence-corrected chi connectivity index (χ1v) is 5.98. The van der Waals surface area contributed by atoms with Gasteiger partial charge in [0.25, 0.3) is 0 Å². The van der Waals surface area contributed by atoms with Crippen LogP contribution in [0.4, 0.5) is 0 Å². The van der Waals surface area contributed by atoms with Gasteiger partial charge in [-0.05, 0) is 17.5 Å². The number of fused-ring (bicyclic) bond motifs is 1. The Bertz CT molecular complexity index is 483.